The standard InChI is InChI=1S/C26H19F5N6O2S/c27-20-2-1-3-21(28)23(20)37-22(38)12-13-40-25(37)36-35-14-16-4-6-17(7-5-16)24(32)34-15-33-18-8-10-19(11-9-18)39-26(29,30)31/h1-11,14-15H,12-13H2,(H2,32,33,34)/b35-14+,36-25-. The van der Waals surface area contributed by atoms with Crippen molar-refractivity contribution in [3.05, 3.63) is 89.5 Å². The van der Waals surface area contributed by atoms with Crippen molar-refractivity contribution < 1.29 is 31.5 Å². The molecule has 0 unspecified atom stereocenters. The minimum Gasteiger partial charge on any atom is -0.406 e. The van der Waals surface area contributed by atoms with Crippen LogP contribution in [0.3, 0.4) is 0 Å². The van der Waals surface area contributed by atoms with Crippen LogP contribution in [0.1, 0.15) is 17.5 Å². The number of halogens is 5. The minimum absolute atomic E-state index is 0.0475. The summed E-state index contributed by atoms with van der Waals surface area (Å²) in [4.78, 5) is 21.4. The van der Waals surface area contributed by atoms with Gasteiger partial charge in [0.05, 0.1) is 11.9 Å². The predicted molar refractivity (Wildman–Crippen MR) is 144 cm³/mol. The highest BCUT2D eigenvalue weighted by molar-refractivity contribution is 8.14. The average molecular weight is 575 g/mol. The van der Waals surface area contributed by atoms with Crippen molar-refractivity contribution in [3.8, 4) is 5.75 Å². The molecule has 3 aromatic rings. The SMILES string of the molecule is NC(=NC=Nc1ccc(OC(F)(F)F)cc1)c1ccc(/C=N/N=C2\SCCC(=O)N2c2c(F)cccc2F)cc1. The molecular formula is C26H19F5N6O2S. The molecule has 1 heterocycles. The van der Waals surface area contributed by atoms with Gasteiger partial charge in [-0.2, -0.15) is 5.10 Å². The van der Waals surface area contributed by atoms with Gasteiger partial charge in [0.2, 0.25) is 5.91 Å². The van der Waals surface area contributed by atoms with Crippen LogP contribution in [-0.4, -0.2) is 41.6 Å². The topological polar surface area (TPSA) is 105 Å². The number of benzene rings is 3. The van der Waals surface area contributed by atoms with Gasteiger partial charge in [0.15, 0.2) is 5.17 Å². The third-order valence-electron chi connectivity index (χ3n) is 5.18. The maximum absolute atomic E-state index is 14.3. The second kappa shape index (κ2) is 12.5. The number of ether oxygens (including phenoxy) is 1. The molecule has 14 heteroatoms. The van der Waals surface area contributed by atoms with Gasteiger partial charge < -0.3 is 10.5 Å². The van der Waals surface area contributed by atoms with Crippen molar-refractivity contribution in [1.82, 2.24) is 0 Å². The Balaban J connectivity index is 1.41. The highest BCUT2D eigenvalue weighted by atomic mass is 32.2. The number of carbonyl (C=O) groups is 1. The maximum Gasteiger partial charge on any atom is 0.573 e. The zero-order valence-electron chi connectivity index (χ0n) is 20.3. The van der Waals surface area contributed by atoms with Crippen LogP contribution in [0.4, 0.5) is 33.3 Å². The number of para-hydroxylation sites is 1. The van der Waals surface area contributed by atoms with Gasteiger partial charge in [-0.3, -0.25) is 9.69 Å². The smallest absolute Gasteiger partial charge is 0.406 e. The Morgan fingerprint density at radius 1 is 1.00 bits per heavy atom. The van der Waals surface area contributed by atoms with Crippen LogP contribution in [0.25, 0.3) is 0 Å². The van der Waals surface area contributed by atoms with Crippen molar-refractivity contribution >= 4 is 52.6 Å². The van der Waals surface area contributed by atoms with Gasteiger partial charge in [-0.05, 0) is 42.0 Å². The first-order valence-corrected chi connectivity index (χ1v) is 12.4. The molecule has 3 aromatic carbocycles. The predicted octanol–water partition coefficient (Wildman–Crippen LogP) is 5.79. The minimum atomic E-state index is -4.78. The summed E-state index contributed by atoms with van der Waals surface area (Å²) in [6, 6.07) is 14.9. The van der Waals surface area contributed by atoms with Crippen molar-refractivity contribution in [2.24, 2.45) is 25.9 Å². The fourth-order valence-electron chi connectivity index (χ4n) is 3.36. The van der Waals surface area contributed by atoms with Gasteiger partial charge in [-0.25, -0.2) is 18.8 Å². The highest BCUT2D eigenvalue weighted by Crippen LogP contribution is 2.30. The van der Waals surface area contributed by atoms with E-state index in [1.807, 2.05) is 0 Å². The average Bonchev–Trinajstić information content (AvgIpc) is 2.90. The fourth-order valence-corrected chi connectivity index (χ4v) is 4.25. The number of hydrogen-bond donors (Lipinski definition) is 1. The van der Waals surface area contributed by atoms with Crippen molar-refractivity contribution in [3.63, 3.8) is 0 Å². The van der Waals surface area contributed by atoms with Gasteiger partial charge >= 0.3 is 6.36 Å². The summed E-state index contributed by atoms with van der Waals surface area (Å²) in [5, 5.41) is 8.03. The molecule has 0 aliphatic carbocycles. The van der Waals surface area contributed by atoms with Gasteiger partial charge in [-0.15, -0.1) is 18.3 Å². The number of hydrogen-bond acceptors (Lipinski definition) is 6. The Labute approximate surface area is 228 Å². The first kappa shape index (κ1) is 28.4. The van der Waals surface area contributed by atoms with Gasteiger partial charge in [0, 0.05) is 17.7 Å². The second-order valence-corrected chi connectivity index (χ2v) is 9.01. The molecule has 0 radical (unpaired) electrons. The number of nitrogens with zero attached hydrogens (tertiary/aromatic N) is 5. The number of rotatable bonds is 7. The summed E-state index contributed by atoms with van der Waals surface area (Å²) in [5.74, 6) is -2.11. The summed E-state index contributed by atoms with van der Waals surface area (Å²) in [7, 11) is 0. The third-order valence-corrected chi connectivity index (χ3v) is 6.11. The van der Waals surface area contributed by atoms with E-state index in [-0.39, 0.29) is 23.2 Å². The molecule has 0 bridgehead atoms. The molecule has 1 amide bonds. The quantitative estimate of drug-likeness (QED) is 0.167. The summed E-state index contributed by atoms with van der Waals surface area (Å²) in [6.07, 6.45) is -2.13. The molecule has 0 saturated carbocycles. The van der Waals surface area contributed by atoms with Gasteiger partial charge in [-0.1, -0.05) is 42.1 Å². The lowest BCUT2D eigenvalue weighted by molar-refractivity contribution is -0.274. The molecule has 1 aliphatic rings. The molecular weight excluding hydrogens is 555 g/mol. The Kier molecular flexibility index (Phi) is 8.89. The fraction of sp³-hybridized carbons (Fsp3) is 0.115. The Bertz CT molecular complexity index is 1470. The lowest BCUT2D eigenvalue weighted by atomic mass is 10.1. The Morgan fingerprint density at radius 3 is 2.33 bits per heavy atom. The van der Waals surface area contributed by atoms with Crippen LogP contribution >= 0.6 is 11.8 Å². The van der Waals surface area contributed by atoms with E-state index in [9.17, 15) is 26.7 Å². The van der Waals surface area contributed by atoms with Crippen LogP contribution in [0, 0.1) is 11.6 Å². The maximum atomic E-state index is 14.3. The number of alkyl halides is 3. The number of nitrogens with two attached hydrogens (primary N) is 1. The molecule has 0 aromatic heterocycles. The van der Waals surface area contributed by atoms with E-state index < -0.39 is 29.6 Å². The zero-order valence-corrected chi connectivity index (χ0v) is 21.2. The number of carbonyl (C=O) groups excluding carboxylic acids is 1. The third kappa shape index (κ3) is 7.50. The molecule has 1 fully saturated rings. The van der Waals surface area contributed by atoms with Gasteiger partial charge in [0.25, 0.3) is 0 Å². The largest absolute Gasteiger partial charge is 0.573 e. The molecule has 206 valence electrons. The molecule has 1 saturated heterocycles. The normalized spacial score (nSPS) is 15.9. The first-order valence-electron chi connectivity index (χ1n) is 11.4. The van der Waals surface area contributed by atoms with Crippen molar-refractivity contribution in [1.29, 1.82) is 0 Å². The highest BCUT2D eigenvalue weighted by Gasteiger charge is 2.32. The molecule has 40 heavy (non-hydrogen) atoms. The van der Waals surface area contributed by atoms with E-state index in [2.05, 4.69) is 24.9 Å². The summed E-state index contributed by atoms with van der Waals surface area (Å²) in [5.41, 5.74) is 6.98. The van der Waals surface area contributed by atoms with Crippen molar-refractivity contribution in [2.45, 2.75) is 12.8 Å². The van der Waals surface area contributed by atoms with Crippen LogP contribution in [0.15, 0.2) is 86.9 Å². The summed E-state index contributed by atoms with van der Waals surface area (Å²) < 4.78 is 69.1. The number of amides is 1. The first-order chi connectivity index (χ1) is 19.1. The number of anilines is 1. The van der Waals surface area contributed by atoms with E-state index in [0.717, 1.165) is 47.3 Å². The van der Waals surface area contributed by atoms with Crippen LogP contribution < -0.4 is 15.4 Å². The molecule has 0 atom stereocenters. The van der Waals surface area contributed by atoms with Crippen molar-refractivity contribution in [2.75, 3.05) is 10.7 Å². The van der Waals surface area contributed by atoms with Crippen LogP contribution in [0.5, 0.6) is 5.75 Å². The molecule has 0 spiro atoms. The molecule has 8 nitrogen and oxygen atoms in total. The lowest BCUT2D eigenvalue weighted by Gasteiger charge is -2.27. The van der Waals surface area contributed by atoms with E-state index in [1.54, 1.807) is 24.3 Å². The molecule has 4 rings (SSSR count). The lowest BCUT2D eigenvalue weighted by Crippen LogP contribution is -2.40. The monoisotopic (exact) mass is 574 g/mol. The van der Waals surface area contributed by atoms with E-state index in [1.165, 1.54) is 24.4 Å². The zero-order chi connectivity index (χ0) is 28.7. The summed E-state index contributed by atoms with van der Waals surface area (Å²) in [6.45, 7) is 0. The second-order valence-electron chi connectivity index (χ2n) is 7.95. The molecule has 1 aliphatic heterocycles. The Hall–Kier alpha value is -4.59. The number of thioether (sulfide) groups is 1. The number of aliphatic imine (C=N–C) groups is 2. The Morgan fingerprint density at radius 2 is 1.68 bits per heavy atom. The number of amidine groups is 2. The van der Waals surface area contributed by atoms with E-state index >= 15 is 0 Å². The summed E-state index contributed by atoms with van der Waals surface area (Å²) >= 11 is 1.15. The van der Waals surface area contributed by atoms with Crippen LogP contribution in [0.2, 0.25) is 0 Å². The van der Waals surface area contributed by atoms with Crippen LogP contribution in [-0.2, 0) is 4.79 Å². The van der Waals surface area contributed by atoms with Gasteiger partial charge in [0.1, 0.15) is 35.2 Å². The van der Waals surface area contributed by atoms with E-state index in [0.29, 0.717) is 22.6 Å². The molecule has 2 N–H and O–H groups in total. The van der Waals surface area contributed by atoms with E-state index in [4.69, 9.17) is 5.73 Å².